The van der Waals surface area contributed by atoms with E-state index >= 15 is 0 Å². The highest BCUT2D eigenvalue weighted by Gasteiger charge is 2.30. The summed E-state index contributed by atoms with van der Waals surface area (Å²) < 4.78 is 2.25. The summed E-state index contributed by atoms with van der Waals surface area (Å²) in [5.41, 5.74) is 15.1. The first-order chi connectivity index (χ1) is 17.4. The molecule has 0 atom stereocenters. The van der Waals surface area contributed by atoms with Crippen LogP contribution < -0.4 is 0 Å². The van der Waals surface area contributed by atoms with E-state index in [2.05, 4.69) is 75.0 Å². The summed E-state index contributed by atoms with van der Waals surface area (Å²) in [5, 5.41) is 3.66. The van der Waals surface area contributed by atoms with Gasteiger partial charge in [0.25, 0.3) is 0 Å². The summed E-state index contributed by atoms with van der Waals surface area (Å²) in [5.74, 6) is 0. The number of rotatable bonds is 0. The molecule has 35 heavy (non-hydrogen) atoms. The van der Waals surface area contributed by atoms with Crippen molar-refractivity contribution in [2.24, 2.45) is 0 Å². The lowest BCUT2D eigenvalue weighted by atomic mass is 9.95. The van der Waals surface area contributed by atoms with Crippen molar-refractivity contribution in [3.8, 4) is 22.3 Å². The van der Waals surface area contributed by atoms with Crippen LogP contribution in [0.5, 0.6) is 0 Å². The van der Waals surface area contributed by atoms with Gasteiger partial charge in [-0.2, -0.15) is 0 Å². The minimum absolute atomic E-state index is 0.771. The number of hydrogen-bond acceptors (Lipinski definition) is 3. The van der Waals surface area contributed by atoms with E-state index in [0.29, 0.717) is 0 Å². The van der Waals surface area contributed by atoms with Crippen LogP contribution in [0.3, 0.4) is 0 Å². The molecule has 0 aliphatic heterocycles. The highest BCUT2D eigenvalue weighted by atomic mass is 15.1. The summed E-state index contributed by atoms with van der Waals surface area (Å²) in [4.78, 5) is 14.1. The molecule has 0 saturated heterocycles. The zero-order valence-electron chi connectivity index (χ0n) is 18.8. The normalized spacial score (nSPS) is 13.5. The number of fused-ring (bicyclic) bond motifs is 16. The Morgan fingerprint density at radius 1 is 0.657 bits per heavy atom. The van der Waals surface area contributed by atoms with Gasteiger partial charge >= 0.3 is 0 Å². The first-order valence-electron chi connectivity index (χ1n) is 12.0. The predicted molar refractivity (Wildman–Crippen MR) is 140 cm³/mol. The topological polar surface area (TPSA) is 43.1 Å². The minimum atomic E-state index is 0.771. The maximum Gasteiger partial charge on any atom is 0.178 e. The standard InChI is InChI=1S/C31H18N4/c1-2-5-19-17(4-1)14-18-7-8-20-21-9-10-23-22-11-13-32-16-27(22)35-26-6-3-12-33-30(26)34-31(35)29(23)25(21)15-24(20)28(18)19/h1-13,16H,14-15H2. The SMILES string of the molecule is c1ccc2c(c1)Cc1ccc3c(c1-2)Cc1c-3ccc2c3ccncc3n3c4cccnc4nc3c12. The van der Waals surface area contributed by atoms with Gasteiger partial charge in [-0.15, -0.1) is 0 Å². The van der Waals surface area contributed by atoms with Crippen molar-refractivity contribution >= 4 is 38.5 Å². The van der Waals surface area contributed by atoms with Crippen LogP contribution in [0.2, 0.25) is 0 Å². The zero-order valence-corrected chi connectivity index (χ0v) is 18.8. The molecule has 0 spiro atoms. The molecule has 0 saturated carbocycles. The van der Waals surface area contributed by atoms with Crippen molar-refractivity contribution in [1.29, 1.82) is 0 Å². The third kappa shape index (κ3) is 2.11. The highest BCUT2D eigenvalue weighted by Crippen LogP contribution is 2.50. The van der Waals surface area contributed by atoms with Gasteiger partial charge in [-0.1, -0.05) is 48.5 Å². The van der Waals surface area contributed by atoms with E-state index in [1.807, 2.05) is 24.7 Å². The summed E-state index contributed by atoms with van der Waals surface area (Å²) in [7, 11) is 0. The molecule has 7 aromatic rings. The van der Waals surface area contributed by atoms with Gasteiger partial charge in [0.05, 0.1) is 17.2 Å². The zero-order chi connectivity index (χ0) is 22.7. The van der Waals surface area contributed by atoms with Crippen molar-refractivity contribution in [3.63, 3.8) is 0 Å². The Hall–Kier alpha value is -4.57. The van der Waals surface area contributed by atoms with E-state index < -0.39 is 0 Å². The van der Waals surface area contributed by atoms with E-state index in [1.54, 1.807) is 0 Å². The monoisotopic (exact) mass is 446 g/mol. The average Bonchev–Trinajstić information content (AvgIpc) is 3.59. The third-order valence-electron chi connectivity index (χ3n) is 8.01. The summed E-state index contributed by atoms with van der Waals surface area (Å²) in [6.07, 6.45) is 7.59. The molecule has 0 N–H and O–H groups in total. The number of hydrogen-bond donors (Lipinski definition) is 0. The number of aromatic nitrogens is 4. The quantitative estimate of drug-likeness (QED) is 0.243. The third-order valence-corrected chi connectivity index (χ3v) is 8.01. The van der Waals surface area contributed by atoms with Crippen LogP contribution in [0.1, 0.15) is 22.3 Å². The van der Waals surface area contributed by atoms with Gasteiger partial charge in [0.2, 0.25) is 0 Å². The maximum atomic E-state index is 5.07. The molecule has 0 unspecified atom stereocenters. The number of nitrogens with zero attached hydrogens (tertiary/aromatic N) is 4. The molecular weight excluding hydrogens is 428 g/mol. The lowest BCUT2D eigenvalue weighted by Crippen LogP contribution is -1.95. The molecular formula is C31H18N4. The second-order valence-electron chi connectivity index (χ2n) is 9.66. The Kier molecular flexibility index (Phi) is 3.11. The van der Waals surface area contributed by atoms with Gasteiger partial charge in [-0.05, 0) is 74.5 Å². The van der Waals surface area contributed by atoms with Crippen molar-refractivity contribution in [3.05, 3.63) is 108 Å². The van der Waals surface area contributed by atoms with E-state index in [1.165, 1.54) is 60.7 Å². The van der Waals surface area contributed by atoms with Crippen LogP contribution in [0.15, 0.2) is 85.3 Å². The molecule has 4 heteroatoms. The van der Waals surface area contributed by atoms with Crippen molar-refractivity contribution in [1.82, 2.24) is 19.4 Å². The number of imidazole rings is 1. The number of pyridine rings is 3. The Labute approximate surface area is 200 Å². The summed E-state index contributed by atoms with van der Waals surface area (Å²) >= 11 is 0. The molecule has 2 aliphatic carbocycles. The average molecular weight is 447 g/mol. The van der Waals surface area contributed by atoms with Crippen LogP contribution in [0.4, 0.5) is 0 Å². The van der Waals surface area contributed by atoms with Gasteiger partial charge in [-0.25, -0.2) is 9.97 Å². The minimum Gasteiger partial charge on any atom is -0.288 e. The molecule has 162 valence electrons. The first-order valence-corrected chi connectivity index (χ1v) is 12.0. The lowest BCUT2D eigenvalue weighted by molar-refractivity contribution is 1.23. The van der Waals surface area contributed by atoms with Crippen LogP contribution in [0.25, 0.3) is 60.7 Å². The fourth-order valence-corrected chi connectivity index (χ4v) is 6.60. The smallest absolute Gasteiger partial charge is 0.178 e. The van der Waals surface area contributed by atoms with Gasteiger partial charge in [0.15, 0.2) is 5.65 Å². The molecule has 3 aromatic carbocycles. The first kappa shape index (κ1) is 17.8. The van der Waals surface area contributed by atoms with Gasteiger partial charge in [0.1, 0.15) is 5.65 Å². The Bertz CT molecular complexity index is 2070. The molecule has 0 fully saturated rings. The van der Waals surface area contributed by atoms with E-state index in [9.17, 15) is 0 Å². The Morgan fingerprint density at radius 2 is 1.57 bits per heavy atom. The van der Waals surface area contributed by atoms with E-state index in [0.717, 1.165) is 35.2 Å². The predicted octanol–water partition coefficient (Wildman–Crippen LogP) is 6.73. The molecule has 0 radical (unpaired) electrons. The van der Waals surface area contributed by atoms with Gasteiger partial charge in [0, 0.05) is 29.6 Å². The van der Waals surface area contributed by atoms with Crippen LogP contribution >= 0.6 is 0 Å². The highest BCUT2D eigenvalue weighted by molar-refractivity contribution is 6.16. The molecule has 0 bridgehead atoms. The largest absolute Gasteiger partial charge is 0.288 e. The fraction of sp³-hybridized carbons (Fsp3) is 0.0645. The Morgan fingerprint density at radius 3 is 2.57 bits per heavy atom. The lowest BCUT2D eigenvalue weighted by Gasteiger charge is -2.12. The Balaban J connectivity index is 1.44. The van der Waals surface area contributed by atoms with Crippen LogP contribution in [0, 0.1) is 0 Å². The van der Waals surface area contributed by atoms with Crippen molar-refractivity contribution in [2.75, 3.05) is 0 Å². The van der Waals surface area contributed by atoms with Gasteiger partial charge < -0.3 is 0 Å². The molecule has 0 amide bonds. The van der Waals surface area contributed by atoms with E-state index in [4.69, 9.17) is 4.98 Å². The molecule has 4 heterocycles. The molecule has 9 rings (SSSR count). The van der Waals surface area contributed by atoms with E-state index in [-0.39, 0.29) is 0 Å². The second-order valence-corrected chi connectivity index (χ2v) is 9.66. The molecule has 4 nitrogen and oxygen atoms in total. The van der Waals surface area contributed by atoms with Gasteiger partial charge in [-0.3, -0.25) is 9.38 Å². The molecule has 4 aromatic heterocycles. The summed E-state index contributed by atoms with van der Waals surface area (Å²) in [6.45, 7) is 0. The second kappa shape index (κ2) is 6.10. The van der Waals surface area contributed by atoms with Crippen LogP contribution in [-0.2, 0) is 12.8 Å². The number of benzene rings is 3. The fourth-order valence-electron chi connectivity index (χ4n) is 6.60. The van der Waals surface area contributed by atoms with Crippen molar-refractivity contribution in [2.45, 2.75) is 12.8 Å². The maximum absolute atomic E-state index is 5.07. The van der Waals surface area contributed by atoms with Crippen LogP contribution in [-0.4, -0.2) is 19.4 Å². The van der Waals surface area contributed by atoms with Crippen molar-refractivity contribution < 1.29 is 0 Å². The molecule has 2 aliphatic rings. The summed E-state index contributed by atoms with van der Waals surface area (Å²) in [6, 6.07) is 24.3.